The van der Waals surface area contributed by atoms with Crippen LogP contribution in [0.2, 0.25) is 0 Å². The van der Waals surface area contributed by atoms with Crippen LogP contribution in [0.25, 0.3) is 50.4 Å². The lowest BCUT2D eigenvalue weighted by atomic mass is 9.81. The standard InChI is InChI=1S/C32H39N3O5S.C28H29NO4/c1-20-17-34(18-21(2)40-20)32(37)25-15-23-11-7-8-12-26(23)30-29(22-9-5-4-6-10-22)27-14-13-24(16-28(27)35(30)19-25)31(36)33-41(3,38)39;1-32-27(30)20-13-14-23-24(16-20)29-17-21(28(31)33-2)15-19-11-7-8-12-22(19)26(29)25(23)18-9-5-3-4-6-10-18/h7-8,11-14,16,20-22,25H,4-6,9-10,15,17-19H2,1-3H3,(H,33,36);7-8,11-16,18H,3-6,9-10,17H2,1-2H3/t20-,21+,25?;. The molecular weight excluding hydrogens is 953 g/mol. The molecule has 0 bridgehead atoms. The van der Waals surface area contributed by atoms with E-state index in [4.69, 9.17) is 14.2 Å². The van der Waals surface area contributed by atoms with E-state index in [0.717, 1.165) is 87.4 Å². The molecule has 5 aliphatic rings. The molecule has 4 aromatic carbocycles. The third kappa shape index (κ3) is 10.2. The van der Waals surface area contributed by atoms with Crippen LogP contribution in [-0.4, -0.2) is 92.0 Å². The minimum Gasteiger partial charge on any atom is -0.466 e. The largest absolute Gasteiger partial charge is 0.466 e. The Kier molecular flexibility index (Phi) is 14.7. The Morgan fingerprint density at radius 3 is 1.80 bits per heavy atom. The number of amides is 2. The molecule has 74 heavy (non-hydrogen) atoms. The van der Waals surface area contributed by atoms with Crippen molar-refractivity contribution < 1.29 is 41.8 Å². The summed E-state index contributed by atoms with van der Waals surface area (Å²) in [4.78, 5) is 54.0. The highest BCUT2D eigenvalue weighted by atomic mass is 32.2. The highest BCUT2D eigenvalue weighted by Crippen LogP contribution is 2.48. The normalized spacial score (nSPS) is 20.3. The number of carbonyl (C=O) groups is 4. The fourth-order valence-electron chi connectivity index (χ4n) is 12.8. The maximum absolute atomic E-state index is 14.1. The molecule has 1 unspecified atom stereocenters. The topological polar surface area (TPSA) is 155 Å². The summed E-state index contributed by atoms with van der Waals surface area (Å²) in [5, 5.41) is 2.24. The molecule has 2 saturated carbocycles. The fraction of sp³-hybridized carbons (Fsp3) is 0.433. The summed E-state index contributed by atoms with van der Waals surface area (Å²) < 4.78 is 46.2. The monoisotopic (exact) mass is 1020 g/mol. The number of nitrogens with one attached hydrogen (secondary N) is 1. The average molecular weight is 1020 g/mol. The number of hydrogen-bond acceptors (Lipinski definition) is 9. The van der Waals surface area contributed by atoms with Gasteiger partial charge in [0.05, 0.1) is 67.7 Å². The smallest absolute Gasteiger partial charge is 0.337 e. The van der Waals surface area contributed by atoms with Gasteiger partial charge in [-0.2, -0.15) is 0 Å². The summed E-state index contributed by atoms with van der Waals surface area (Å²) >= 11 is 0. The number of morpholine rings is 1. The van der Waals surface area contributed by atoms with Crippen LogP contribution in [0.15, 0.2) is 90.5 Å². The van der Waals surface area contributed by atoms with Crippen molar-refractivity contribution in [2.24, 2.45) is 5.92 Å². The summed E-state index contributed by atoms with van der Waals surface area (Å²) in [5.41, 5.74) is 12.6. The number of esters is 2. The quantitative estimate of drug-likeness (QED) is 0.121. The number of sulfonamides is 1. The number of benzene rings is 4. The van der Waals surface area contributed by atoms with Gasteiger partial charge in [0.1, 0.15) is 0 Å². The molecule has 1 N–H and O–H groups in total. The van der Waals surface area contributed by atoms with Crippen LogP contribution >= 0.6 is 0 Å². The van der Waals surface area contributed by atoms with Crippen LogP contribution in [0.4, 0.5) is 0 Å². The van der Waals surface area contributed by atoms with Crippen molar-refractivity contribution in [3.05, 3.63) is 124 Å². The SMILES string of the molecule is COC(=O)C1=Cc2ccccc2-c2c(C3CCCCCC3)c3ccc(C(=O)OC)cc3n2C1.C[C@@H]1CN(C(=O)C2Cc3ccccc3-c3c(C4CCCCC4)c4ccc(C(=O)NS(C)(=O)=O)cc4n3C2)C[C@H](C)O1. The van der Waals surface area contributed by atoms with E-state index in [9.17, 15) is 27.6 Å². The third-order valence-electron chi connectivity index (χ3n) is 16.0. The van der Waals surface area contributed by atoms with Crippen LogP contribution in [-0.2, 0) is 53.3 Å². The maximum Gasteiger partial charge on any atom is 0.337 e. The molecule has 13 nitrogen and oxygen atoms in total. The molecule has 0 radical (unpaired) electrons. The van der Waals surface area contributed by atoms with Gasteiger partial charge in [-0.3, -0.25) is 9.59 Å². The third-order valence-corrected chi connectivity index (χ3v) is 16.5. The minimum absolute atomic E-state index is 0.0162. The zero-order valence-corrected chi connectivity index (χ0v) is 44.1. The predicted molar refractivity (Wildman–Crippen MR) is 288 cm³/mol. The first kappa shape index (κ1) is 51.0. The second kappa shape index (κ2) is 21.4. The lowest BCUT2D eigenvalue weighted by Gasteiger charge is -2.37. The Morgan fingerprint density at radius 2 is 1.18 bits per heavy atom. The van der Waals surface area contributed by atoms with Crippen molar-refractivity contribution in [3.63, 3.8) is 0 Å². The summed E-state index contributed by atoms with van der Waals surface area (Å²) in [6.45, 7) is 6.05. The molecule has 2 aromatic heterocycles. The van der Waals surface area contributed by atoms with E-state index in [1.54, 1.807) is 12.1 Å². The molecule has 3 atom stereocenters. The zero-order chi connectivity index (χ0) is 51.8. The van der Waals surface area contributed by atoms with Gasteiger partial charge in [0.2, 0.25) is 15.9 Å². The summed E-state index contributed by atoms with van der Waals surface area (Å²) in [6.07, 6.45) is 16.7. The van der Waals surface area contributed by atoms with Gasteiger partial charge in [0.25, 0.3) is 5.91 Å². The molecule has 1 saturated heterocycles. The molecule has 3 fully saturated rings. The number of rotatable bonds is 7. The van der Waals surface area contributed by atoms with Crippen LogP contribution in [0.3, 0.4) is 0 Å². The summed E-state index contributed by atoms with van der Waals surface area (Å²) in [6, 6.07) is 28.0. The van der Waals surface area contributed by atoms with Gasteiger partial charge in [-0.05, 0) is 110 Å². The molecule has 6 aromatic rings. The van der Waals surface area contributed by atoms with E-state index in [0.29, 0.717) is 55.6 Å². The second-order valence-corrected chi connectivity index (χ2v) is 23.0. The number of nitrogens with zero attached hydrogens (tertiary/aromatic N) is 3. The van der Waals surface area contributed by atoms with E-state index < -0.39 is 15.9 Å². The Morgan fingerprint density at radius 1 is 0.635 bits per heavy atom. The maximum atomic E-state index is 14.1. The van der Waals surface area contributed by atoms with Crippen molar-refractivity contribution in [1.82, 2.24) is 18.8 Å². The number of aromatic nitrogens is 2. The fourth-order valence-corrected chi connectivity index (χ4v) is 13.3. The molecule has 11 rings (SSSR count). The second-order valence-electron chi connectivity index (χ2n) is 21.2. The zero-order valence-electron chi connectivity index (χ0n) is 43.3. The number of carbonyl (C=O) groups excluding carboxylic acids is 4. The van der Waals surface area contributed by atoms with Gasteiger partial charge in [0, 0.05) is 58.1 Å². The summed E-state index contributed by atoms with van der Waals surface area (Å²) in [7, 11) is -0.891. The van der Waals surface area contributed by atoms with Crippen LogP contribution in [0, 0.1) is 5.92 Å². The summed E-state index contributed by atoms with van der Waals surface area (Å²) in [5.74, 6) is -0.662. The molecule has 3 aliphatic heterocycles. The van der Waals surface area contributed by atoms with Crippen LogP contribution < -0.4 is 4.72 Å². The van der Waals surface area contributed by atoms with E-state index in [-0.39, 0.29) is 41.5 Å². The van der Waals surface area contributed by atoms with E-state index in [1.165, 1.54) is 70.3 Å². The number of ether oxygens (including phenoxy) is 3. The first-order valence-electron chi connectivity index (χ1n) is 26.5. The van der Waals surface area contributed by atoms with Crippen molar-refractivity contribution >= 4 is 61.7 Å². The Labute approximate surface area is 434 Å². The van der Waals surface area contributed by atoms with Gasteiger partial charge < -0.3 is 28.2 Å². The van der Waals surface area contributed by atoms with Gasteiger partial charge in [-0.1, -0.05) is 106 Å². The van der Waals surface area contributed by atoms with Crippen molar-refractivity contribution in [2.75, 3.05) is 33.6 Å². The molecule has 5 heterocycles. The predicted octanol–water partition coefficient (Wildman–Crippen LogP) is 11.0. The van der Waals surface area contributed by atoms with Crippen molar-refractivity contribution in [1.29, 1.82) is 0 Å². The molecule has 14 heteroatoms. The minimum atomic E-state index is -3.71. The number of hydrogen-bond donors (Lipinski definition) is 1. The van der Waals surface area contributed by atoms with Gasteiger partial charge >= 0.3 is 11.9 Å². The highest BCUT2D eigenvalue weighted by molar-refractivity contribution is 7.89. The lowest BCUT2D eigenvalue weighted by Crippen LogP contribution is -2.50. The lowest BCUT2D eigenvalue weighted by molar-refractivity contribution is -0.147. The number of fused-ring (bicyclic) bond motifs is 10. The molecule has 388 valence electrons. The van der Waals surface area contributed by atoms with E-state index >= 15 is 0 Å². The molecule has 2 amide bonds. The Bertz CT molecular complexity index is 3290. The van der Waals surface area contributed by atoms with E-state index in [1.807, 2.05) is 55.2 Å². The molecular formula is C60H68N4O9S. The Balaban J connectivity index is 0.000000173. The van der Waals surface area contributed by atoms with Crippen LogP contribution in [0.5, 0.6) is 0 Å². The van der Waals surface area contributed by atoms with Crippen molar-refractivity contribution in [3.8, 4) is 22.5 Å². The highest BCUT2D eigenvalue weighted by Gasteiger charge is 2.37. The first-order valence-corrected chi connectivity index (χ1v) is 28.4. The van der Waals surface area contributed by atoms with Crippen molar-refractivity contribution in [2.45, 2.75) is 128 Å². The average Bonchev–Trinajstić information content (AvgIpc) is 3.55. The molecule has 2 aliphatic carbocycles. The van der Waals surface area contributed by atoms with Gasteiger partial charge in [-0.25, -0.2) is 22.7 Å². The van der Waals surface area contributed by atoms with Gasteiger partial charge in [0.15, 0.2) is 0 Å². The number of methoxy groups -OCH3 is 2. The molecule has 0 spiro atoms. The first-order chi connectivity index (χ1) is 35.7. The van der Waals surface area contributed by atoms with Gasteiger partial charge in [-0.15, -0.1) is 0 Å². The van der Waals surface area contributed by atoms with E-state index in [2.05, 4.69) is 56.3 Å². The Hall–Kier alpha value is -6.51. The van der Waals surface area contributed by atoms with Crippen LogP contribution in [0.1, 0.15) is 139 Å².